The normalized spacial score (nSPS) is 10.6. The highest BCUT2D eigenvalue weighted by Crippen LogP contribution is 2.14. The fourth-order valence-electron chi connectivity index (χ4n) is 1.86. The van der Waals surface area contributed by atoms with E-state index in [1.807, 2.05) is 24.3 Å². The minimum Gasteiger partial charge on any atom is -0.382 e. The molecule has 0 spiro atoms. The maximum Gasteiger partial charge on any atom is 0.251 e. The van der Waals surface area contributed by atoms with Gasteiger partial charge in [-0.3, -0.25) is 9.59 Å². The largest absolute Gasteiger partial charge is 0.382 e. The average Bonchev–Trinajstić information content (AvgIpc) is 2.55. The number of rotatable bonds is 10. The Bertz CT molecular complexity index is 486. The lowest BCUT2D eigenvalue weighted by molar-refractivity contribution is -0.126. The molecule has 6 heteroatoms. The Hall–Kier alpha value is -1.92. The van der Waals surface area contributed by atoms with Crippen LogP contribution in [-0.2, 0) is 14.3 Å². The second-order valence-corrected chi connectivity index (χ2v) is 5.43. The molecule has 0 aliphatic rings. The fourth-order valence-corrected chi connectivity index (χ4v) is 1.86. The zero-order chi connectivity index (χ0) is 17.1. The van der Waals surface area contributed by atoms with Crippen LogP contribution in [0.1, 0.15) is 35.7 Å². The predicted octanol–water partition coefficient (Wildman–Crippen LogP) is 1.32. The molecule has 2 N–H and O–H groups in total. The average molecular weight is 322 g/mol. The summed E-state index contributed by atoms with van der Waals surface area (Å²) in [6.07, 6.45) is 0. The number of hydrogen-bond donors (Lipinski definition) is 2. The first kappa shape index (κ1) is 19.1. The number of benzene rings is 1. The van der Waals surface area contributed by atoms with E-state index in [0.717, 1.165) is 0 Å². The van der Waals surface area contributed by atoms with Crippen LogP contribution in [0.3, 0.4) is 0 Å². The van der Waals surface area contributed by atoms with Gasteiger partial charge in [-0.15, -0.1) is 0 Å². The lowest BCUT2D eigenvalue weighted by atomic mass is 10.0. The second kappa shape index (κ2) is 10.7. The van der Waals surface area contributed by atoms with Crippen LogP contribution in [0.2, 0.25) is 0 Å². The van der Waals surface area contributed by atoms with Crippen molar-refractivity contribution in [2.45, 2.75) is 19.8 Å². The molecule has 1 aromatic rings. The van der Waals surface area contributed by atoms with Crippen molar-refractivity contribution in [3.63, 3.8) is 0 Å². The third kappa shape index (κ3) is 7.76. The standard InChI is InChI=1S/C17H26N2O4/c1-13(2)14-4-6-15(7-5-14)17(21)19-9-8-18-16(20)12-23-11-10-22-3/h4-7,13H,8-12H2,1-3H3,(H,18,20)(H,19,21). The van der Waals surface area contributed by atoms with Crippen molar-refractivity contribution in [1.82, 2.24) is 10.6 Å². The molecule has 2 amide bonds. The van der Waals surface area contributed by atoms with Gasteiger partial charge in [0.2, 0.25) is 5.91 Å². The quantitative estimate of drug-likeness (QED) is 0.637. The summed E-state index contributed by atoms with van der Waals surface area (Å²) in [5, 5.41) is 5.44. The van der Waals surface area contributed by atoms with Crippen molar-refractivity contribution in [3.05, 3.63) is 35.4 Å². The third-order valence-electron chi connectivity index (χ3n) is 3.24. The van der Waals surface area contributed by atoms with Gasteiger partial charge in [-0.1, -0.05) is 26.0 Å². The van der Waals surface area contributed by atoms with Crippen LogP contribution >= 0.6 is 0 Å². The van der Waals surface area contributed by atoms with E-state index < -0.39 is 0 Å². The van der Waals surface area contributed by atoms with Crippen LogP contribution in [0, 0.1) is 0 Å². The summed E-state index contributed by atoms with van der Waals surface area (Å²) in [7, 11) is 1.57. The molecule has 0 unspecified atom stereocenters. The van der Waals surface area contributed by atoms with E-state index in [1.54, 1.807) is 7.11 Å². The van der Waals surface area contributed by atoms with Gasteiger partial charge >= 0.3 is 0 Å². The van der Waals surface area contributed by atoms with Crippen molar-refractivity contribution in [1.29, 1.82) is 0 Å². The molecule has 0 aliphatic carbocycles. The topological polar surface area (TPSA) is 76.7 Å². The van der Waals surface area contributed by atoms with Crippen LogP contribution in [0.25, 0.3) is 0 Å². The van der Waals surface area contributed by atoms with Crippen LogP contribution < -0.4 is 10.6 Å². The van der Waals surface area contributed by atoms with E-state index in [-0.39, 0.29) is 18.4 Å². The summed E-state index contributed by atoms with van der Waals surface area (Å²) in [6, 6.07) is 7.54. The highest BCUT2D eigenvalue weighted by Gasteiger charge is 2.06. The lowest BCUT2D eigenvalue weighted by Gasteiger charge is -2.09. The molecule has 0 fully saturated rings. The van der Waals surface area contributed by atoms with E-state index in [9.17, 15) is 9.59 Å². The molecule has 0 bridgehead atoms. The molecule has 0 heterocycles. The number of carbonyl (C=O) groups excluding carboxylic acids is 2. The summed E-state index contributed by atoms with van der Waals surface area (Å²) < 4.78 is 9.90. The van der Waals surface area contributed by atoms with Crippen molar-refractivity contribution in [2.75, 3.05) is 40.0 Å². The van der Waals surface area contributed by atoms with Crippen molar-refractivity contribution in [2.24, 2.45) is 0 Å². The molecule has 0 aromatic heterocycles. The molecule has 23 heavy (non-hydrogen) atoms. The summed E-state index contributed by atoms with van der Waals surface area (Å²) in [6.45, 7) is 5.78. The maximum atomic E-state index is 12.0. The van der Waals surface area contributed by atoms with Crippen molar-refractivity contribution < 1.29 is 19.1 Å². The van der Waals surface area contributed by atoms with E-state index in [4.69, 9.17) is 9.47 Å². The molecule has 1 rings (SSSR count). The smallest absolute Gasteiger partial charge is 0.251 e. The van der Waals surface area contributed by atoms with Crippen molar-refractivity contribution in [3.8, 4) is 0 Å². The Labute approximate surface area is 137 Å². The molecular weight excluding hydrogens is 296 g/mol. The van der Waals surface area contributed by atoms with E-state index in [1.165, 1.54) is 5.56 Å². The van der Waals surface area contributed by atoms with E-state index >= 15 is 0 Å². The second-order valence-electron chi connectivity index (χ2n) is 5.43. The highest BCUT2D eigenvalue weighted by atomic mass is 16.5. The van der Waals surface area contributed by atoms with Gasteiger partial charge in [0.25, 0.3) is 5.91 Å². The number of carbonyl (C=O) groups is 2. The lowest BCUT2D eigenvalue weighted by Crippen LogP contribution is -2.36. The zero-order valence-electron chi connectivity index (χ0n) is 14.1. The Kier molecular flexibility index (Phi) is 8.94. The summed E-state index contributed by atoms with van der Waals surface area (Å²) in [5.74, 6) is 0.0796. The first-order valence-electron chi connectivity index (χ1n) is 7.76. The Morgan fingerprint density at radius 1 is 1.04 bits per heavy atom. The Morgan fingerprint density at radius 2 is 1.70 bits per heavy atom. The minimum atomic E-state index is -0.211. The number of amides is 2. The first-order chi connectivity index (χ1) is 11.0. The van der Waals surface area contributed by atoms with Gasteiger partial charge in [-0.2, -0.15) is 0 Å². The minimum absolute atomic E-state index is 0.00598. The number of nitrogens with one attached hydrogen (secondary N) is 2. The highest BCUT2D eigenvalue weighted by molar-refractivity contribution is 5.94. The van der Waals surface area contributed by atoms with E-state index in [2.05, 4.69) is 24.5 Å². The molecule has 0 atom stereocenters. The molecule has 128 valence electrons. The van der Waals surface area contributed by atoms with Crippen molar-refractivity contribution >= 4 is 11.8 Å². The zero-order valence-corrected chi connectivity index (χ0v) is 14.1. The number of ether oxygens (including phenoxy) is 2. The van der Waals surface area contributed by atoms with Gasteiger partial charge in [-0.25, -0.2) is 0 Å². The molecular formula is C17H26N2O4. The molecule has 1 aromatic carbocycles. The molecule has 0 radical (unpaired) electrons. The van der Waals surface area contributed by atoms with Crippen LogP contribution in [0.15, 0.2) is 24.3 Å². The first-order valence-corrected chi connectivity index (χ1v) is 7.76. The van der Waals surface area contributed by atoms with Gasteiger partial charge in [0.15, 0.2) is 0 Å². The van der Waals surface area contributed by atoms with Gasteiger partial charge in [-0.05, 0) is 23.6 Å². The van der Waals surface area contributed by atoms with Gasteiger partial charge < -0.3 is 20.1 Å². The Morgan fingerprint density at radius 3 is 2.30 bits per heavy atom. The van der Waals surface area contributed by atoms with E-state index in [0.29, 0.717) is 37.8 Å². The monoisotopic (exact) mass is 322 g/mol. The molecule has 0 saturated heterocycles. The summed E-state index contributed by atoms with van der Waals surface area (Å²) in [5.41, 5.74) is 1.81. The summed E-state index contributed by atoms with van der Waals surface area (Å²) >= 11 is 0. The van der Waals surface area contributed by atoms with Gasteiger partial charge in [0.1, 0.15) is 6.61 Å². The molecule has 6 nitrogen and oxygen atoms in total. The molecule has 0 aliphatic heterocycles. The maximum absolute atomic E-state index is 12.0. The van der Waals surface area contributed by atoms with Crippen LogP contribution in [0.4, 0.5) is 0 Å². The number of hydrogen-bond acceptors (Lipinski definition) is 4. The third-order valence-corrected chi connectivity index (χ3v) is 3.24. The fraction of sp³-hybridized carbons (Fsp3) is 0.529. The van der Waals surface area contributed by atoms with Crippen LogP contribution in [0.5, 0.6) is 0 Å². The van der Waals surface area contributed by atoms with Crippen LogP contribution in [-0.4, -0.2) is 51.8 Å². The van der Waals surface area contributed by atoms with Gasteiger partial charge in [0, 0.05) is 25.8 Å². The molecule has 0 saturated carbocycles. The SMILES string of the molecule is COCCOCC(=O)NCCNC(=O)c1ccc(C(C)C)cc1. The predicted molar refractivity (Wildman–Crippen MR) is 88.6 cm³/mol. The van der Waals surface area contributed by atoms with Gasteiger partial charge in [0.05, 0.1) is 13.2 Å². The Balaban J connectivity index is 2.20. The summed E-state index contributed by atoms with van der Waals surface area (Å²) in [4.78, 5) is 23.4. The number of methoxy groups -OCH3 is 1.